The third kappa shape index (κ3) is 9.93. The Morgan fingerprint density at radius 1 is 0.349 bits per heavy atom. The first-order valence-corrected chi connectivity index (χ1v) is 23.1. The van der Waals surface area contributed by atoms with Gasteiger partial charge in [0.2, 0.25) is 0 Å². The van der Waals surface area contributed by atoms with Crippen LogP contribution in [0.3, 0.4) is 0 Å². The van der Waals surface area contributed by atoms with Crippen molar-refractivity contribution in [3.8, 4) is 17.2 Å². The second-order valence-electron chi connectivity index (χ2n) is 24.1. The Balaban J connectivity index is 2.35. The van der Waals surface area contributed by atoms with Crippen molar-refractivity contribution >= 4 is 0 Å². The highest BCUT2D eigenvalue weighted by atomic mass is 16.3. The van der Waals surface area contributed by atoms with Crippen molar-refractivity contribution in [3.05, 3.63) is 118 Å². The van der Waals surface area contributed by atoms with Crippen LogP contribution in [0.5, 0.6) is 17.2 Å². The SMILES string of the molecule is CCC(c1cc(C(C)(C)C)c(O)c(C(C)(C)C)c1)n1c(=O)n(C(CC)c2cc(C(C)(C)C)c(O)c(C(C)(C)C)c2)c(=O)n(C(CC)c2cc(C(C)(C)C)c(O)c(C(C)(C)C)c2)c1=O. The Hall–Kier alpha value is -4.53. The summed E-state index contributed by atoms with van der Waals surface area (Å²) in [5.41, 5.74) is 1.20. The van der Waals surface area contributed by atoms with Crippen molar-refractivity contribution in [1.29, 1.82) is 0 Å². The molecule has 1 heterocycles. The van der Waals surface area contributed by atoms with Gasteiger partial charge in [0.15, 0.2) is 0 Å². The molecule has 9 heteroatoms. The van der Waals surface area contributed by atoms with Gasteiger partial charge in [-0.15, -0.1) is 0 Å². The van der Waals surface area contributed by atoms with Crippen LogP contribution in [0, 0.1) is 0 Å². The number of benzene rings is 3. The van der Waals surface area contributed by atoms with E-state index in [0.717, 1.165) is 0 Å². The molecule has 4 rings (SSSR count). The van der Waals surface area contributed by atoms with Crippen LogP contribution in [0.4, 0.5) is 0 Å². The number of hydrogen-bond donors (Lipinski definition) is 3. The van der Waals surface area contributed by atoms with Crippen molar-refractivity contribution < 1.29 is 15.3 Å². The van der Waals surface area contributed by atoms with E-state index in [9.17, 15) is 15.3 Å². The molecule has 0 radical (unpaired) electrons. The average molecular weight is 868 g/mol. The van der Waals surface area contributed by atoms with E-state index >= 15 is 14.4 Å². The predicted octanol–water partition coefficient (Wildman–Crippen LogP) is 12.1. The lowest BCUT2D eigenvalue weighted by Crippen LogP contribution is -2.57. The molecule has 3 aromatic carbocycles. The van der Waals surface area contributed by atoms with E-state index in [1.165, 1.54) is 13.7 Å². The Morgan fingerprint density at radius 2 is 0.492 bits per heavy atom. The van der Waals surface area contributed by atoms with Crippen LogP contribution in [0.15, 0.2) is 50.8 Å². The Morgan fingerprint density at radius 3 is 0.603 bits per heavy atom. The summed E-state index contributed by atoms with van der Waals surface area (Å²) in [6.07, 6.45) is 1.01. The monoisotopic (exact) mass is 868 g/mol. The fourth-order valence-corrected chi connectivity index (χ4v) is 9.07. The maximum Gasteiger partial charge on any atom is 0.337 e. The van der Waals surface area contributed by atoms with E-state index in [1.807, 2.05) is 182 Å². The summed E-state index contributed by atoms with van der Waals surface area (Å²) in [6, 6.07) is 9.03. The molecule has 0 aliphatic rings. The van der Waals surface area contributed by atoms with Gasteiger partial charge >= 0.3 is 17.1 Å². The summed E-state index contributed by atoms with van der Waals surface area (Å²) in [6.45, 7) is 42.3. The van der Waals surface area contributed by atoms with Gasteiger partial charge in [-0.25, -0.2) is 28.1 Å². The topological polar surface area (TPSA) is 127 Å². The van der Waals surface area contributed by atoms with Gasteiger partial charge < -0.3 is 15.3 Å². The lowest BCUT2D eigenvalue weighted by Gasteiger charge is -2.32. The van der Waals surface area contributed by atoms with E-state index in [-0.39, 0.29) is 17.2 Å². The van der Waals surface area contributed by atoms with Crippen molar-refractivity contribution in [3.63, 3.8) is 0 Å². The normalized spacial score (nSPS) is 14.8. The molecule has 0 fully saturated rings. The van der Waals surface area contributed by atoms with Crippen LogP contribution in [-0.2, 0) is 32.5 Å². The van der Waals surface area contributed by atoms with E-state index in [4.69, 9.17) is 0 Å². The summed E-state index contributed by atoms with van der Waals surface area (Å²) in [7, 11) is 0. The van der Waals surface area contributed by atoms with Crippen molar-refractivity contribution in [1.82, 2.24) is 13.7 Å². The zero-order valence-corrected chi connectivity index (χ0v) is 42.7. The number of hydrogen-bond acceptors (Lipinski definition) is 6. The Bertz CT molecular complexity index is 2110. The molecule has 0 spiro atoms. The Labute approximate surface area is 378 Å². The van der Waals surface area contributed by atoms with Gasteiger partial charge in [-0.2, -0.15) is 0 Å². The fraction of sp³-hybridized carbons (Fsp3) is 0.611. The van der Waals surface area contributed by atoms with E-state index in [2.05, 4.69) is 0 Å². The molecule has 3 N–H and O–H groups in total. The summed E-state index contributed by atoms with van der Waals surface area (Å²) < 4.78 is 3.80. The van der Waals surface area contributed by atoms with Gasteiger partial charge in [0, 0.05) is 0 Å². The number of nitrogens with zero attached hydrogens (tertiary/aromatic N) is 3. The van der Waals surface area contributed by atoms with Gasteiger partial charge in [0.25, 0.3) is 0 Å². The van der Waals surface area contributed by atoms with Crippen LogP contribution in [0.25, 0.3) is 0 Å². The molecule has 0 aliphatic carbocycles. The third-order valence-electron chi connectivity index (χ3n) is 12.7. The first-order chi connectivity index (χ1) is 28.4. The van der Waals surface area contributed by atoms with Crippen molar-refractivity contribution in [2.24, 2.45) is 0 Å². The molecule has 0 saturated heterocycles. The zero-order chi connectivity index (χ0) is 48.5. The minimum Gasteiger partial charge on any atom is -0.507 e. The highest BCUT2D eigenvalue weighted by Gasteiger charge is 2.36. The molecular weight excluding hydrogens is 787 g/mol. The second-order valence-corrected chi connectivity index (χ2v) is 24.1. The van der Waals surface area contributed by atoms with Crippen molar-refractivity contribution in [2.45, 2.75) is 215 Å². The first kappa shape index (κ1) is 51.1. The van der Waals surface area contributed by atoms with Crippen LogP contribution in [-0.4, -0.2) is 29.0 Å². The molecule has 0 amide bonds. The number of aromatic nitrogens is 3. The minimum atomic E-state index is -0.814. The van der Waals surface area contributed by atoms with E-state index < -0.39 is 67.7 Å². The fourth-order valence-electron chi connectivity index (χ4n) is 9.07. The summed E-state index contributed by atoms with van der Waals surface area (Å²) >= 11 is 0. The molecule has 348 valence electrons. The highest BCUT2D eigenvalue weighted by molar-refractivity contribution is 5.53. The highest BCUT2D eigenvalue weighted by Crippen LogP contribution is 2.45. The Kier molecular flexibility index (Phi) is 13.9. The second kappa shape index (κ2) is 17.1. The molecule has 3 unspecified atom stereocenters. The number of aromatic hydroxyl groups is 3. The van der Waals surface area contributed by atoms with Crippen LogP contribution in [0.2, 0.25) is 0 Å². The van der Waals surface area contributed by atoms with Gasteiger partial charge in [0.1, 0.15) is 17.2 Å². The van der Waals surface area contributed by atoms with Crippen LogP contribution >= 0.6 is 0 Å². The van der Waals surface area contributed by atoms with Gasteiger partial charge in [0.05, 0.1) is 18.1 Å². The molecule has 9 nitrogen and oxygen atoms in total. The van der Waals surface area contributed by atoms with Crippen LogP contribution in [0.1, 0.15) is 233 Å². The van der Waals surface area contributed by atoms with Gasteiger partial charge in [-0.3, -0.25) is 0 Å². The smallest absolute Gasteiger partial charge is 0.337 e. The van der Waals surface area contributed by atoms with Crippen molar-refractivity contribution in [2.75, 3.05) is 0 Å². The predicted molar refractivity (Wildman–Crippen MR) is 261 cm³/mol. The summed E-state index contributed by atoms with van der Waals surface area (Å²) in [5.74, 6) is 0.566. The quantitative estimate of drug-likeness (QED) is 0.154. The van der Waals surface area contributed by atoms with Crippen LogP contribution < -0.4 is 17.1 Å². The molecule has 3 atom stereocenters. The molecule has 4 aromatic rings. The molecule has 0 saturated carbocycles. The molecule has 1 aromatic heterocycles. The maximum atomic E-state index is 15.6. The molecule has 0 aliphatic heterocycles. The molecule has 0 bridgehead atoms. The first-order valence-electron chi connectivity index (χ1n) is 23.1. The number of phenols is 3. The largest absolute Gasteiger partial charge is 0.507 e. The maximum absolute atomic E-state index is 15.6. The molecular formula is C54H81N3O6. The van der Waals surface area contributed by atoms with E-state index in [1.54, 1.807) is 0 Å². The zero-order valence-electron chi connectivity index (χ0n) is 42.7. The third-order valence-corrected chi connectivity index (χ3v) is 12.7. The van der Waals surface area contributed by atoms with Gasteiger partial charge in [-0.1, -0.05) is 145 Å². The lowest BCUT2D eigenvalue weighted by atomic mass is 9.77. The standard InChI is InChI=1S/C54H81N3O6/c1-22-40(31-25-34(49(4,5)6)43(58)35(26-31)50(7,8)9)55-46(61)56(41(23-2)32-27-36(51(10,11)12)44(59)37(28-32)52(13,14)15)48(63)57(47(55)62)42(24-3)33-29-38(53(16,17)18)45(60)39(30-33)54(19,20)21/h25-30,40-42,58-60H,22-24H2,1-21H3. The van der Waals surface area contributed by atoms with Gasteiger partial charge in [-0.05, 0) is 138 Å². The summed E-state index contributed by atoms with van der Waals surface area (Å²) in [4.78, 5) is 46.8. The number of phenolic OH excluding ortho intramolecular Hbond substituents is 3. The average Bonchev–Trinajstić information content (AvgIpc) is 3.11. The molecule has 63 heavy (non-hydrogen) atoms. The summed E-state index contributed by atoms with van der Waals surface area (Å²) in [5, 5.41) is 35.2. The van der Waals surface area contributed by atoms with E-state index in [0.29, 0.717) is 69.3 Å². The minimum absolute atomic E-state index is 0.189. The number of rotatable bonds is 9. The lowest BCUT2D eigenvalue weighted by molar-refractivity contribution is 0.363.